The van der Waals surface area contributed by atoms with Gasteiger partial charge in [0, 0.05) is 31.8 Å². The lowest BCUT2D eigenvalue weighted by Crippen LogP contribution is -2.38. The smallest absolute Gasteiger partial charge is 0.416 e. The maximum Gasteiger partial charge on any atom is 0.416 e. The fourth-order valence-electron chi connectivity index (χ4n) is 3.77. The number of ether oxygens (including phenoxy) is 3. The number of methoxy groups -OCH3 is 1. The van der Waals surface area contributed by atoms with E-state index >= 15 is 0 Å². The van der Waals surface area contributed by atoms with Crippen LogP contribution in [0.4, 0.5) is 16.3 Å². The highest BCUT2D eigenvalue weighted by molar-refractivity contribution is 5.96. The van der Waals surface area contributed by atoms with Crippen LogP contribution in [0.1, 0.15) is 63.7 Å². The number of rotatable bonds is 9. The van der Waals surface area contributed by atoms with Crippen LogP contribution < -0.4 is 14.5 Å². The average Bonchev–Trinajstić information content (AvgIpc) is 3.75. The highest BCUT2D eigenvalue weighted by Gasteiger charge is 2.31. The minimum Gasteiger partial charge on any atom is -0.465 e. The molecule has 1 heterocycles. The average molecular weight is 511 g/mol. The number of carbonyl (C=O) groups excluding carboxylic acids is 3. The van der Waals surface area contributed by atoms with E-state index in [0.717, 1.165) is 25.7 Å². The molecule has 0 bridgehead atoms. The molecule has 0 atom stereocenters. The molecule has 0 N–H and O–H groups in total. The molecule has 0 spiro atoms. The van der Waals surface area contributed by atoms with Crippen molar-refractivity contribution >= 4 is 29.5 Å². The number of carbonyl (C=O) groups is 3. The Morgan fingerprint density at radius 3 is 2.11 bits per heavy atom. The van der Waals surface area contributed by atoms with Gasteiger partial charge in [-0.1, -0.05) is 0 Å². The molecule has 0 unspecified atom stereocenters. The van der Waals surface area contributed by atoms with Crippen LogP contribution in [-0.2, 0) is 14.3 Å². The van der Waals surface area contributed by atoms with Gasteiger partial charge in [0.1, 0.15) is 11.4 Å². The number of nitrogens with zero attached hydrogens (tertiary/aromatic N) is 4. The molecule has 2 fully saturated rings. The highest BCUT2D eigenvalue weighted by Crippen LogP contribution is 2.35. The quantitative estimate of drug-likeness (QED) is 0.435. The molecule has 0 radical (unpaired) electrons. The summed E-state index contributed by atoms with van der Waals surface area (Å²) in [7, 11) is 1.30. The van der Waals surface area contributed by atoms with Crippen molar-refractivity contribution in [3.63, 3.8) is 0 Å². The standard InChI is InChI=1S/C27H34N4O6/c1-17(32)30(15-18-6-7-18)21-10-20(25(33)35-5)11-22(12-21)36-24-14-28-23(13-29-24)31(16-19-8-9-19)26(34)37-27(2,3)4/h10-14,18-19H,6-9,15-16H2,1-5H3. The maximum absolute atomic E-state index is 12.8. The zero-order chi connectivity index (χ0) is 26.7. The molecule has 0 aliphatic heterocycles. The van der Waals surface area contributed by atoms with Crippen LogP contribution in [0.25, 0.3) is 0 Å². The highest BCUT2D eigenvalue weighted by atomic mass is 16.6. The molecular formula is C27H34N4O6. The first-order chi connectivity index (χ1) is 17.5. The Balaban J connectivity index is 1.56. The summed E-state index contributed by atoms with van der Waals surface area (Å²) in [5, 5.41) is 0. The van der Waals surface area contributed by atoms with Crippen LogP contribution in [0.5, 0.6) is 11.6 Å². The Kier molecular flexibility index (Phi) is 7.65. The first-order valence-electron chi connectivity index (χ1n) is 12.5. The number of hydrogen-bond donors (Lipinski definition) is 0. The third kappa shape index (κ3) is 7.41. The van der Waals surface area contributed by atoms with E-state index in [4.69, 9.17) is 14.2 Å². The van der Waals surface area contributed by atoms with Crippen LogP contribution in [0, 0.1) is 11.8 Å². The number of anilines is 2. The summed E-state index contributed by atoms with van der Waals surface area (Å²) < 4.78 is 16.4. The van der Waals surface area contributed by atoms with Crippen molar-refractivity contribution in [2.24, 2.45) is 11.8 Å². The number of esters is 1. The van der Waals surface area contributed by atoms with Gasteiger partial charge in [-0.15, -0.1) is 0 Å². The van der Waals surface area contributed by atoms with Gasteiger partial charge in [0.2, 0.25) is 11.8 Å². The van der Waals surface area contributed by atoms with E-state index in [1.54, 1.807) is 17.0 Å². The first-order valence-corrected chi connectivity index (χ1v) is 12.5. The summed E-state index contributed by atoms with van der Waals surface area (Å²) in [4.78, 5) is 49.3. The van der Waals surface area contributed by atoms with Crippen molar-refractivity contribution in [2.75, 3.05) is 30.0 Å². The van der Waals surface area contributed by atoms with Gasteiger partial charge in [-0.25, -0.2) is 19.6 Å². The van der Waals surface area contributed by atoms with E-state index in [1.807, 2.05) is 20.8 Å². The Bertz CT molecular complexity index is 1150. The molecular weight excluding hydrogens is 476 g/mol. The van der Waals surface area contributed by atoms with Crippen LogP contribution in [-0.4, -0.2) is 53.7 Å². The third-order valence-electron chi connectivity index (χ3n) is 6.01. The lowest BCUT2D eigenvalue weighted by molar-refractivity contribution is -0.116. The molecule has 2 aliphatic rings. The number of aromatic nitrogens is 2. The Morgan fingerprint density at radius 2 is 1.59 bits per heavy atom. The monoisotopic (exact) mass is 510 g/mol. The lowest BCUT2D eigenvalue weighted by atomic mass is 10.1. The van der Waals surface area contributed by atoms with Crippen molar-refractivity contribution in [3.05, 3.63) is 36.2 Å². The molecule has 0 saturated heterocycles. The fraction of sp³-hybridized carbons (Fsp3) is 0.519. The van der Waals surface area contributed by atoms with Gasteiger partial charge in [-0.2, -0.15) is 0 Å². The van der Waals surface area contributed by atoms with E-state index in [0.29, 0.717) is 42.2 Å². The molecule has 4 rings (SSSR count). The van der Waals surface area contributed by atoms with Crippen LogP contribution in [0.2, 0.25) is 0 Å². The summed E-state index contributed by atoms with van der Waals surface area (Å²) in [6.07, 6.45) is 6.67. The van der Waals surface area contributed by atoms with E-state index in [2.05, 4.69) is 9.97 Å². The molecule has 2 aromatic rings. The van der Waals surface area contributed by atoms with Gasteiger partial charge >= 0.3 is 12.1 Å². The first kappa shape index (κ1) is 26.4. The largest absolute Gasteiger partial charge is 0.465 e. The Morgan fingerprint density at radius 1 is 0.946 bits per heavy atom. The second-order valence-corrected chi connectivity index (χ2v) is 10.6. The Hall–Kier alpha value is -3.69. The van der Waals surface area contributed by atoms with Gasteiger partial charge in [0.25, 0.3) is 0 Å². The van der Waals surface area contributed by atoms with Gasteiger partial charge in [0.15, 0.2) is 5.82 Å². The van der Waals surface area contributed by atoms with Gasteiger partial charge < -0.3 is 19.1 Å². The van der Waals surface area contributed by atoms with E-state index in [1.165, 1.54) is 37.4 Å². The maximum atomic E-state index is 12.8. The van der Waals surface area contributed by atoms with Crippen molar-refractivity contribution in [3.8, 4) is 11.6 Å². The zero-order valence-corrected chi connectivity index (χ0v) is 22.0. The molecule has 37 heavy (non-hydrogen) atoms. The Labute approximate surface area is 216 Å². The SMILES string of the molecule is COC(=O)c1cc(Oc2cnc(N(CC3CC3)C(=O)OC(C)(C)C)cn2)cc(N(CC2CC2)C(C)=O)c1. The van der Waals surface area contributed by atoms with Crippen molar-refractivity contribution in [1.82, 2.24) is 9.97 Å². The summed E-state index contributed by atoms with van der Waals surface area (Å²) in [5.41, 5.74) is 0.162. The lowest BCUT2D eigenvalue weighted by Gasteiger charge is -2.26. The summed E-state index contributed by atoms with van der Waals surface area (Å²) in [6, 6.07) is 4.83. The summed E-state index contributed by atoms with van der Waals surface area (Å²) >= 11 is 0. The number of benzene rings is 1. The van der Waals surface area contributed by atoms with E-state index in [-0.39, 0.29) is 17.4 Å². The molecule has 1 aromatic carbocycles. The van der Waals surface area contributed by atoms with Crippen LogP contribution in [0.15, 0.2) is 30.6 Å². The van der Waals surface area contributed by atoms with Crippen molar-refractivity contribution < 1.29 is 28.6 Å². The van der Waals surface area contributed by atoms with E-state index in [9.17, 15) is 14.4 Å². The van der Waals surface area contributed by atoms with Gasteiger partial charge in [-0.05, 0) is 70.4 Å². The van der Waals surface area contributed by atoms with Crippen LogP contribution in [0.3, 0.4) is 0 Å². The molecule has 1 aromatic heterocycles. The second kappa shape index (κ2) is 10.7. The third-order valence-corrected chi connectivity index (χ3v) is 6.01. The minimum absolute atomic E-state index is 0.123. The molecule has 198 valence electrons. The molecule has 2 saturated carbocycles. The molecule has 10 heteroatoms. The van der Waals surface area contributed by atoms with Crippen LogP contribution >= 0.6 is 0 Å². The number of hydrogen-bond acceptors (Lipinski definition) is 8. The molecule has 10 nitrogen and oxygen atoms in total. The molecule has 2 aliphatic carbocycles. The molecule has 2 amide bonds. The van der Waals surface area contributed by atoms with Gasteiger partial charge in [0.05, 0.1) is 25.1 Å². The summed E-state index contributed by atoms with van der Waals surface area (Å²) in [5.74, 6) is 1.05. The van der Waals surface area contributed by atoms with Gasteiger partial charge in [-0.3, -0.25) is 9.69 Å². The predicted molar refractivity (Wildman–Crippen MR) is 137 cm³/mol. The van der Waals surface area contributed by atoms with Crippen molar-refractivity contribution in [2.45, 2.75) is 59.0 Å². The zero-order valence-electron chi connectivity index (χ0n) is 22.0. The minimum atomic E-state index is -0.634. The summed E-state index contributed by atoms with van der Waals surface area (Å²) in [6.45, 7) is 8.04. The second-order valence-electron chi connectivity index (χ2n) is 10.6. The predicted octanol–water partition coefficient (Wildman–Crippen LogP) is 4.97. The normalized spacial score (nSPS) is 15.1. The fourth-order valence-corrected chi connectivity index (χ4v) is 3.77. The van der Waals surface area contributed by atoms with E-state index < -0.39 is 17.7 Å². The number of amides is 2. The van der Waals surface area contributed by atoms with Crippen molar-refractivity contribution in [1.29, 1.82) is 0 Å². The topological polar surface area (TPSA) is 111 Å².